The molecular weight excluding hydrogens is 284 g/mol. The van der Waals surface area contributed by atoms with Crippen LogP contribution in [0.15, 0.2) is 30.3 Å². The first kappa shape index (κ1) is 13.9. The molecule has 22 heavy (non-hydrogen) atoms. The van der Waals surface area contributed by atoms with E-state index in [0.717, 1.165) is 18.4 Å². The van der Waals surface area contributed by atoms with E-state index in [0.29, 0.717) is 13.2 Å². The molecule has 0 amide bonds. The van der Waals surface area contributed by atoms with Gasteiger partial charge in [-0.15, -0.1) is 0 Å². The van der Waals surface area contributed by atoms with Gasteiger partial charge in [-0.3, -0.25) is 9.59 Å². The predicted octanol–water partition coefficient (Wildman–Crippen LogP) is 1.84. The predicted molar refractivity (Wildman–Crippen MR) is 75.6 cm³/mol. The minimum atomic E-state index is -0.842. The van der Waals surface area contributed by atoms with E-state index >= 15 is 0 Å². The van der Waals surface area contributed by atoms with E-state index in [1.807, 2.05) is 30.3 Å². The van der Waals surface area contributed by atoms with Gasteiger partial charge in [-0.25, -0.2) is 0 Å². The minimum absolute atomic E-state index is 0.239. The normalized spacial score (nSPS) is 39.1. The molecule has 2 bridgehead atoms. The fourth-order valence-corrected chi connectivity index (χ4v) is 4.22. The largest absolute Gasteiger partial charge is 0.392 e. The zero-order valence-corrected chi connectivity index (χ0v) is 12.4. The molecule has 116 valence electrons. The molecule has 3 fully saturated rings. The van der Waals surface area contributed by atoms with Gasteiger partial charge in [-0.05, 0) is 25.3 Å². The summed E-state index contributed by atoms with van der Waals surface area (Å²) in [7, 11) is 0. The van der Waals surface area contributed by atoms with Crippen molar-refractivity contribution in [3.63, 3.8) is 0 Å². The SMILES string of the molecule is CC12C(=O)OC(=O)C1C1(COCc3ccccc3)CCC2O1. The highest BCUT2D eigenvalue weighted by Crippen LogP contribution is 2.61. The van der Waals surface area contributed by atoms with Gasteiger partial charge in [0.05, 0.1) is 19.3 Å². The van der Waals surface area contributed by atoms with Crippen molar-refractivity contribution in [3.8, 4) is 0 Å². The van der Waals surface area contributed by atoms with Crippen molar-refractivity contribution in [2.75, 3.05) is 6.61 Å². The van der Waals surface area contributed by atoms with Crippen molar-refractivity contribution < 1.29 is 23.8 Å². The van der Waals surface area contributed by atoms with E-state index in [-0.39, 0.29) is 6.10 Å². The van der Waals surface area contributed by atoms with Crippen LogP contribution in [0.25, 0.3) is 0 Å². The Hall–Kier alpha value is -1.72. The lowest BCUT2D eigenvalue weighted by Crippen LogP contribution is -2.48. The van der Waals surface area contributed by atoms with Gasteiger partial charge in [-0.2, -0.15) is 0 Å². The maximum Gasteiger partial charge on any atom is 0.323 e. The Morgan fingerprint density at radius 2 is 2.05 bits per heavy atom. The molecule has 0 spiro atoms. The first-order chi connectivity index (χ1) is 10.6. The minimum Gasteiger partial charge on any atom is -0.392 e. The number of carbonyl (C=O) groups is 2. The number of ether oxygens (including phenoxy) is 3. The van der Waals surface area contributed by atoms with Crippen LogP contribution in [0.4, 0.5) is 0 Å². The molecule has 1 aromatic rings. The molecule has 0 N–H and O–H groups in total. The van der Waals surface area contributed by atoms with Crippen molar-refractivity contribution in [2.45, 2.75) is 38.1 Å². The van der Waals surface area contributed by atoms with Crippen molar-refractivity contribution in [3.05, 3.63) is 35.9 Å². The van der Waals surface area contributed by atoms with E-state index < -0.39 is 28.9 Å². The van der Waals surface area contributed by atoms with Gasteiger partial charge >= 0.3 is 11.9 Å². The second-order valence-corrected chi connectivity index (χ2v) is 6.61. The molecule has 3 heterocycles. The lowest BCUT2D eigenvalue weighted by atomic mass is 9.64. The number of esters is 2. The zero-order valence-electron chi connectivity index (χ0n) is 12.4. The topological polar surface area (TPSA) is 61.8 Å². The van der Waals surface area contributed by atoms with Crippen molar-refractivity contribution >= 4 is 11.9 Å². The summed E-state index contributed by atoms with van der Waals surface area (Å²) in [6.45, 7) is 2.55. The number of cyclic esters (lactones) is 2. The molecule has 5 heteroatoms. The number of benzene rings is 1. The molecule has 4 unspecified atom stereocenters. The fourth-order valence-electron chi connectivity index (χ4n) is 4.22. The Balaban J connectivity index is 1.52. The average molecular weight is 302 g/mol. The van der Waals surface area contributed by atoms with Crippen LogP contribution in [0.5, 0.6) is 0 Å². The highest BCUT2D eigenvalue weighted by atomic mass is 16.6. The lowest BCUT2D eigenvalue weighted by Gasteiger charge is -2.33. The Bertz CT molecular complexity index is 627. The first-order valence-corrected chi connectivity index (χ1v) is 7.62. The number of hydrogen-bond donors (Lipinski definition) is 0. The number of carbonyl (C=O) groups excluding carboxylic acids is 2. The molecule has 0 aliphatic carbocycles. The summed E-state index contributed by atoms with van der Waals surface area (Å²) in [5.41, 5.74) is -0.484. The van der Waals surface area contributed by atoms with Crippen LogP contribution >= 0.6 is 0 Å². The van der Waals surface area contributed by atoms with Gasteiger partial charge < -0.3 is 14.2 Å². The maximum atomic E-state index is 12.1. The maximum absolute atomic E-state index is 12.1. The summed E-state index contributed by atoms with van der Waals surface area (Å²) in [6.07, 6.45) is 1.26. The second-order valence-electron chi connectivity index (χ2n) is 6.61. The van der Waals surface area contributed by atoms with Gasteiger partial charge in [0, 0.05) is 0 Å². The summed E-state index contributed by atoms with van der Waals surface area (Å²) >= 11 is 0. The van der Waals surface area contributed by atoms with E-state index in [1.54, 1.807) is 6.92 Å². The van der Waals surface area contributed by atoms with Gasteiger partial charge in [0.2, 0.25) is 0 Å². The van der Waals surface area contributed by atoms with Crippen LogP contribution < -0.4 is 0 Å². The van der Waals surface area contributed by atoms with E-state index in [1.165, 1.54) is 0 Å². The molecule has 4 rings (SSSR count). The van der Waals surface area contributed by atoms with Crippen LogP contribution in [0.3, 0.4) is 0 Å². The quantitative estimate of drug-likeness (QED) is 0.627. The summed E-state index contributed by atoms with van der Waals surface area (Å²) in [5.74, 6) is -1.45. The fraction of sp³-hybridized carbons (Fsp3) is 0.529. The third-order valence-corrected chi connectivity index (χ3v) is 5.33. The lowest BCUT2D eigenvalue weighted by molar-refractivity contribution is -0.162. The summed E-state index contributed by atoms with van der Waals surface area (Å²) in [6, 6.07) is 9.84. The third kappa shape index (κ3) is 1.72. The van der Waals surface area contributed by atoms with Crippen LogP contribution in [0.2, 0.25) is 0 Å². The summed E-state index contributed by atoms with van der Waals surface area (Å²) in [4.78, 5) is 24.2. The number of hydrogen-bond acceptors (Lipinski definition) is 5. The molecule has 3 aliphatic rings. The molecule has 1 aromatic carbocycles. The van der Waals surface area contributed by atoms with Crippen molar-refractivity contribution in [2.24, 2.45) is 11.3 Å². The number of fused-ring (bicyclic) bond motifs is 5. The molecule has 4 atom stereocenters. The van der Waals surface area contributed by atoms with Crippen molar-refractivity contribution in [1.82, 2.24) is 0 Å². The molecule has 3 saturated heterocycles. The van der Waals surface area contributed by atoms with E-state index in [9.17, 15) is 9.59 Å². The average Bonchev–Trinajstić information content (AvgIpc) is 3.10. The van der Waals surface area contributed by atoms with Gasteiger partial charge in [0.25, 0.3) is 0 Å². The highest BCUT2D eigenvalue weighted by Gasteiger charge is 2.75. The molecule has 0 saturated carbocycles. The molecule has 5 nitrogen and oxygen atoms in total. The van der Waals surface area contributed by atoms with Crippen molar-refractivity contribution in [1.29, 1.82) is 0 Å². The first-order valence-electron chi connectivity index (χ1n) is 7.62. The summed E-state index contributed by atoms with van der Waals surface area (Å²) < 4.78 is 16.8. The van der Waals surface area contributed by atoms with E-state index in [4.69, 9.17) is 14.2 Å². The second kappa shape index (κ2) is 4.64. The zero-order chi connectivity index (χ0) is 15.4. The van der Waals surface area contributed by atoms with E-state index in [2.05, 4.69) is 0 Å². The van der Waals surface area contributed by atoms with Gasteiger partial charge in [-0.1, -0.05) is 30.3 Å². The Morgan fingerprint density at radius 1 is 1.27 bits per heavy atom. The summed E-state index contributed by atoms with van der Waals surface area (Å²) in [5, 5.41) is 0. The standard InChI is InChI=1S/C17H18O5/c1-16-12-7-8-17(22-12,13(16)14(18)21-15(16)19)10-20-9-11-5-3-2-4-6-11/h2-6,12-13H,7-10H2,1H3. The van der Waals surface area contributed by atoms with Crippen LogP contribution in [-0.4, -0.2) is 30.3 Å². The van der Waals surface area contributed by atoms with Gasteiger partial charge in [0.15, 0.2) is 0 Å². The molecule has 0 radical (unpaired) electrons. The van der Waals surface area contributed by atoms with Crippen LogP contribution in [0, 0.1) is 11.3 Å². The Morgan fingerprint density at radius 3 is 2.82 bits per heavy atom. The smallest absolute Gasteiger partial charge is 0.323 e. The monoisotopic (exact) mass is 302 g/mol. The number of rotatable bonds is 4. The molecule has 0 aromatic heterocycles. The Kier molecular flexibility index (Phi) is 2.93. The molecule has 3 aliphatic heterocycles. The molecular formula is C17H18O5. The third-order valence-electron chi connectivity index (χ3n) is 5.33. The highest BCUT2D eigenvalue weighted by molar-refractivity contribution is 6.01. The Labute approximate surface area is 128 Å². The van der Waals surface area contributed by atoms with Crippen LogP contribution in [0.1, 0.15) is 25.3 Å². The van der Waals surface area contributed by atoms with Crippen LogP contribution in [-0.2, 0) is 30.4 Å². The van der Waals surface area contributed by atoms with Gasteiger partial charge in [0.1, 0.15) is 16.9 Å².